The first-order chi connectivity index (χ1) is 17.6. The van der Waals surface area contributed by atoms with Gasteiger partial charge in [-0.1, -0.05) is 36.4 Å². The van der Waals surface area contributed by atoms with Gasteiger partial charge in [-0.25, -0.2) is 4.79 Å². The highest BCUT2D eigenvalue weighted by Crippen LogP contribution is 2.32. The molecule has 37 heavy (non-hydrogen) atoms. The third kappa shape index (κ3) is 6.08. The van der Waals surface area contributed by atoms with Gasteiger partial charge in [-0.2, -0.15) is 13.2 Å². The van der Waals surface area contributed by atoms with Gasteiger partial charge in [0.05, 0.1) is 5.56 Å². The zero-order valence-corrected chi connectivity index (χ0v) is 19.7. The van der Waals surface area contributed by atoms with Crippen LogP contribution in [0, 0.1) is 0 Å². The van der Waals surface area contributed by atoms with Gasteiger partial charge in [0, 0.05) is 17.4 Å². The summed E-state index contributed by atoms with van der Waals surface area (Å²) < 4.78 is 49.3. The van der Waals surface area contributed by atoms with Gasteiger partial charge in [0.1, 0.15) is 11.3 Å². The van der Waals surface area contributed by atoms with Gasteiger partial charge < -0.3 is 19.7 Å². The number of ether oxygens (including phenoxy) is 2. The number of rotatable bonds is 7. The molecule has 0 radical (unpaired) electrons. The number of hydrogen-bond donors (Lipinski definition) is 1. The van der Waals surface area contributed by atoms with Crippen LogP contribution in [0.1, 0.15) is 28.4 Å². The molecule has 0 spiro atoms. The molecular weight excluding hydrogens is 489 g/mol. The number of hydrogen-bond acceptors (Lipinski definition) is 5. The monoisotopic (exact) mass is 512 g/mol. The molecule has 192 valence electrons. The maximum Gasteiger partial charge on any atom is 0.416 e. The van der Waals surface area contributed by atoms with Crippen molar-refractivity contribution in [2.24, 2.45) is 0 Å². The fourth-order valence-corrected chi connectivity index (χ4v) is 4.09. The lowest BCUT2D eigenvalue weighted by atomic mass is 10.1. The summed E-state index contributed by atoms with van der Waals surface area (Å²) in [4.78, 5) is 39.3. The quantitative estimate of drug-likeness (QED) is 0.457. The number of nitrogens with one attached hydrogen (secondary N) is 1. The first-order valence-electron chi connectivity index (χ1n) is 11.4. The fraction of sp³-hybridized carbons (Fsp3) is 0.222. The van der Waals surface area contributed by atoms with E-state index in [2.05, 4.69) is 5.32 Å². The fourth-order valence-electron chi connectivity index (χ4n) is 4.09. The third-order valence-electron chi connectivity index (χ3n) is 5.74. The molecular formula is C27H23F3N2O5. The van der Waals surface area contributed by atoms with Crippen LogP contribution in [-0.2, 0) is 26.9 Å². The summed E-state index contributed by atoms with van der Waals surface area (Å²) in [5.74, 6) is -1.88. The second-order valence-electron chi connectivity index (χ2n) is 8.43. The molecule has 0 saturated heterocycles. The average molecular weight is 512 g/mol. The predicted molar refractivity (Wildman–Crippen MR) is 129 cm³/mol. The summed E-state index contributed by atoms with van der Waals surface area (Å²) in [5.41, 5.74) is 0.869. The van der Waals surface area contributed by atoms with E-state index >= 15 is 0 Å². The summed E-state index contributed by atoms with van der Waals surface area (Å²) in [6, 6.07) is 17.6. The van der Waals surface area contributed by atoms with Crippen molar-refractivity contribution in [2.45, 2.75) is 25.6 Å². The lowest BCUT2D eigenvalue weighted by Crippen LogP contribution is -2.38. The molecule has 0 unspecified atom stereocenters. The molecule has 1 N–H and O–H groups in total. The molecule has 10 heteroatoms. The highest BCUT2D eigenvalue weighted by molar-refractivity contribution is 6.00. The summed E-state index contributed by atoms with van der Waals surface area (Å²) >= 11 is 0. The van der Waals surface area contributed by atoms with Gasteiger partial charge in [-0.15, -0.1) is 0 Å². The van der Waals surface area contributed by atoms with E-state index in [1.807, 2.05) is 31.2 Å². The van der Waals surface area contributed by atoms with Crippen LogP contribution in [0.4, 0.5) is 24.5 Å². The number of nitrogens with zero attached hydrogens (tertiary/aromatic N) is 1. The Morgan fingerprint density at radius 1 is 0.973 bits per heavy atom. The Hall–Kier alpha value is -4.34. The Morgan fingerprint density at radius 3 is 2.49 bits per heavy atom. The maximum absolute atomic E-state index is 12.9. The molecule has 1 atom stereocenters. The minimum atomic E-state index is -4.55. The molecule has 7 nitrogen and oxygen atoms in total. The molecule has 0 aromatic heterocycles. The van der Waals surface area contributed by atoms with E-state index < -0.39 is 36.8 Å². The largest absolute Gasteiger partial charge is 0.483 e. The van der Waals surface area contributed by atoms with Crippen molar-refractivity contribution in [3.8, 4) is 5.75 Å². The highest BCUT2D eigenvalue weighted by Gasteiger charge is 2.32. The van der Waals surface area contributed by atoms with E-state index in [4.69, 9.17) is 9.47 Å². The smallest absolute Gasteiger partial charge is 0.416 e. The van der Waals surface area contributed by atoms with Crippen molar-refractivity contribution in [1.82, 2.24) is 0 Å². The lowest BCUT2D eigenvalue weighted by Gasteiger charge is -2.22. The van der Waals surface area contributed by atoms with Crippen LogP contribution in [0.3, 0.4) is 0 Å². The Labute approximate surface area is 210 Å². The van der Waals surface area contributed by atoms with Crippen LogP contribution in [0.15, 0.2) is 72.8 Å². The average Bonchev–Trinajstić information content (AvgIpc) is 3.21. The second-order valence-corrected chi connectivity index (χ2v) is 8.43. The number of para-hydroxylation sites is 2. The molecule has 0 aliphatic carbocycles. The Morgan fingerprint density at radius 2 is 1.70 bits per heavy atom. The zero-order valence-electron chi connectivity index (χ0n) is 19.7. The summed E-state index contributed by atoms with van der Waals surface area (Å²) in [7, 11) is 0. The highest BCUT2D eigenvalue weighted by atomic mass is 19.4. The van der Waals surface area contributed by atoms with Gasteiger partial charge in [0.15, 0.2) is 13.2 Å². The van der Waals surface area contributed by atoms with Crippen LogP contribution >= 0.6 is 0 Å². The van der Waals surface area contributed by atoms with Crippen LogP contribution in [0.5, 0.6) is 5.75 Å². The second kappa shape index (κ2) is 10.7. The van der Waals surface area contributed by atoms with E-state index in [1.54, 1.807) is 17.0 Å². The van der Waals surface area contributed by atoms with Crippen LogP contribution in [-0.4, -0.2) is 37.0 Å². The molecule has 1 heterocycles. The maximum atomic E-state index is 12.9. The normalized spacial score (nSPS) is 14.6. The SMILES string of the molecule is C[C@H]1Cc2ccccc2N1C(=O)COC(=O)c1ccccc1OCC(=O)Nc1cccc(C(F)(F)F)c1. The van der Waals surface area contributed by atoms with Crippen molar-refractivity contribution >= 4 is 29.2 Å². The van der Waals surface area contributed by atoms with E-state index in [-0.39, 0.29) is 28.9 Å². The number of halogens is 3. The van der Waals surface area contributed by atoms with Gasteiger partial charge in [0.25, 0.3) is 11.8 Å². The molecule has 4 rings (SSSR count). The Balaban J connectivity index is 1.35. The van der Waals surface area contributed by atoms with Crippen molar-refractivity contribution in [1.29, 1.82) is 0 Å². The zero-order chi connectivity index (χ0) is 26.6. The minimum absolute atomic E-state index is 0.00274. The molecule has 2 amide bonds. The standard InChI is InChI=1S/C27H23F3N2O5/c1-17-13-18-7-2-4-11-22(18)32(17)25(34)16-37-26(35)21-10-3-5-12-23(21)36-15-24(33)31-20-9-6-8-19(14-20)27(28,29)30/h2-12,14,17H,13,15-16H2,1H3,(H,31,33)/t17-/m0/s1. The Bertz CT molecular complexity index is 1330. The minimum Gasteiger partial charge on any atom is -0.483 e. The van der Waals surface area contributed by atoms with Gasteiger partial charge in [-0.3, -0.25) is 9.59 Å². The predicted octanol–water partition coefficient (Wildman–Crippen LogP) is 4.86. The molecule has 1 aliphatic heterocycles. The van der Waals surface area contributed by atoms with Crippen molar-refractivity contribution in [2.75, 3.05) is 23.4 Å². The molecule has 0 fully saturated rings. The number of fused-ring (bicyclic) bond motifs is 1. The number of anilines is 2. The summed E-state index contributed by atoms with van der Waals surface area (Å²) in [6.07, 6.45) is -3.84. The van der Waals surface area contributed by atoms with E-state index in [0.717, 1.165) is 23.4 Å². The number of benzene rings is 3. The van der Waals surface area contributed by atoms with Crippen molar-refractivity contribution in [3.63, 3.8) is 0 Å². The van der Waals surface area contributed by atoms with Gasteiger partial charge in [0.2, 0.25) is 0 Å². The number of esters is 1. The third-order valence-corrected chi connectivity index (χ3v) is 5.74. The first kappa shape index (κ1) is 25.7. The lowest BCUT2D eigenvalue weighted by molar-refractivity contribution is -0.137. The molecule has 3 aromatic rings. The van der Waals surface area contributed by atoms with E-state index in [9.17, 15) is 27.6 Å². The van der Waals surface area contributed by atoms with Crippen molar-refractivity contribution < 1.29 is 37.0 Å². The van der Waals surface area contributed by atoms with Crippen molar-refractivity contribution in [3.05, 3.63) is 89.5 Å². The first-order valence-corrected chi connectivity index (χ1v) is 11.4. The number of amides is 2. The van der Waals surface area contributed by atoms with E-state index in [0.29, 0.717) is 6.42 Å². The molecule has 0 saturated carbocycles. The van der Waals surface area contributed by atoms with Gasteiger partial charge >= 0.3 is 12.1 Å². The summed E-state index contributed by atoms with van der Waals surface area (Å²) in [5, 5.41) is 2.33. The molecule has 1 aliphatic rings. The number of carbonyl (C=O) groups is 3. The topological polar surface area (TPSA) is 84.9 Å². The molecule has 3 aromatic carbocycles. The number of alkyl halides is 3. The molecule has 0 bridgehead atoms. The van der Waals surface area contributed by atoms with Gasteiger partial charge in [-0.05, 0) is 55.3 Å². The van der Waals surface area contributed by atoms with Crippen LogP contribution in [0.25, 0.3) is 0 Å². The number of carbonyl (C=O) groups excluding carboxylic acids is 3. The summed E-state index contributed by atoms with van der Waals surface area (Å²) in [6.45, 7) is 0.858. The Kier molecular flexibility index (Phi) is 7.47. The van der Waals surface area contributed by atoms with Crippen LogP contribution in [0.2, 0.25) is 0 Å². The van der Waals surface area contributed by atoms with Crippen LogP contribution < -0.4 is 15.0 Å². The van der Waals surface area contributed by atoms with E-state index in [1.165, 1.54) is 24.3 Å².